The SMILES string of the molecule is COC(C)(C)C(=O)c1ccccc1C. The van der Waals surface area contributed by atoms with Crippen LogP contribution in [-0.4, -0.2) is 18.5 Å². The number of ether oxygens (including phenoxy) is 1. The van der Waals surface area contributed by atoms with Gasteiger partial charge in [0.15, 0.2) is 5.78 Å². The Hall–Kier alpha value is -1.15. The molecule has 0 bridgehead atoms. The molecule has 2 heteroatoms. The highest BCUT2D eigenvalue weighted by molar-refractivity contribution is 6.03. The predicted octanol–water partition coefficient (Wildman–Crippen LogP) is 2.60. The van der Waals surface area contributed by atoms with Crippen molar-refractivity contribution >= 4 is 5.78 Å². The number of methoxy groups -OCH3 is 1. The summed E-state index contributed by atoms with van der Waals surface area (Å²) in [7, 11) is 1.55. The summed E-state index contributed by atoms with van der Waals surface area (Å²) in [5, 5.41) is 0. The molecule has 0 spiro atoms. The van der Waals surface area contributed by atoms with Crippen molar-refractivity contribution in [3.8, 4) is 0 Å². The summed E-state index contributed by atoms with van der Waals surface area (Å²) in [5.74, 6) is 0.0260. The fourth-order valence-electron chi connectivity index (χ4n) is 1.24. The molecule has 0 fully saturated rings. The summed E-state index contributed by atoms with van der Waals surface area (Å²) in [5.41, 5.74) is 0.980. The third kappa shape index (κ3) is 2.02. The summed E-state index contributed by atoms with van der Waals surface area (Å²) in [4.78, 5) is 12.0. The van der Waals surface area contributed by atoms with Crippen molar-refractivity contribution in [2.24, 2.45) is 0 Å². The highest BCUT2D eigenvalue weighted by Crippen LogP contribution is 2.18. The van der Waals surface area contributed by atoms with E-state index >= 15 is 0 Å². The molecule has 0 radical (unpaired) electrons. The average Bonchev–Trinajstić information content (AvgIpc) is 2.17. The molecule has 0 atom stereocenters. The lowest BCUT2D eigenvalue weighted by Crippen LogP contribution is -2.34. The number of hydrogen-bond acceptors (Lipinski definition) is 2. The number of benzene rings is 1. The number of aryl methyl sites for hydroxylation is 1. The highest BCUT2D eigenvalue weighted by atomic mass is 16.5. The van der Waals surface area contributed by atoms with E-state index in [1.807, 2.05) is 31.2 Å². The van der Waals surface area contributed by atoms with Gasteiger partial charge in [-0.05, 0) is 26.3 Å². The second kappa shape index (κ2) is 3.93. The van der Waals surface area contributed by atoms with Crippen molar-refractivity contribution in [1.29, 1.82) is 0 Å². The zero-order valence-electron chi connectivity index (χ0n) is 9.13. The summed E-state index contributed by atoms with van der Waals surface area (Å²) in [6.07, 6.45) is 0. The van der Waals surface area contributed by atoms with Crippen LogP contribution in [0.25, 0.3) is 0 Å². The second-order valence-corrected chi connectivity index (χ2v) is 3.86. The maximum atomic E-state index is 12.0. The molecular weight excluding hydrogens is 176 g/mol. The summed E-state index contributed by atoms with van der Waals surface area (Å²) in [6.45, 7) is 5.49. The van der Waals surface area contributed by atoms with Crippen molar-refractivity contribution in [3.63, 3.8) is 0 Å². The molecular formula is C12H16O2. The normalized spacial score (nSPS) is 11.4. The molecule has 1 aromatic carbocycles. The summed E-state index contributed by atoms with van der Waals surface area (Å²) < 4.78 is 5.16. The monoisotopic (exact) mass is 192 g/mol. The van der Waals surface area contributed by atoms with Gasteiger partial charge in [0.05, 0.1) is 0 Å². The Morgan fingerprint density at radius 3 is 2.36 bits per heavy atom. The lowest BCUT2D eigenvalue weighted by atomic mass is 9.93. The van der Waals surface area contributed by atoms with Crippen molar-refractivity contribution in [2.75, 3.05) is 7.11 Å². The molecule has 1 rings (SSSR count). The van der Waals surface area contributed by atoms with Crippen LogP contribution < -0.4 is 0 Å². The predicted molar refractivity (Wildman–Crippen MR) is 56.6 cm³/mol. The van der Waals surface area contributed by atoms with E-state index in [4.69, 9.17) is 4.74 Å². The quantitative estimate of drug-likeness (QED) is 0.688. The molecule has 0 aliphatic heterocycles. The highest BCUT2D eigenvalue weighted by Gasteiger charge is 2.28. The van der Waals surface area contributed by atoms with Crippen molar-refractivity contribution in [3.05, 3.63) is 35.4 Å². The van der Waals surface area contributed by atoms with Gasteiger partial charge in [0.2, 0.25) is 0 Å². The van der Waals surface area contributed by atoms with Crippen LogP contribution in [0, 0.1) is 6.92 Å². The summed E-state index contributed by atoms with van der Waals surface area (Å²) >= 11 is 0. The molecule has 0 heterocycles. The topological polar surface area (TPSA) is 26.3 Å². The van der Waals surface area contributed by atoms with Gasteiger partial charge in [0, 0.05) is 12.7 Å². The molecule has 0 saturated carbocycles. The van der Waals surface area contributed by atoms with Crippen molar-refractivity contribution < 1.29 is 9.53 Å². The Kier molecular flexibility index (Phi) is 3.06. The molecule has 0 saturated heterocycles. The largest absolute Gasteiger partial charge is 0.371 e. The number of carbonyl (C=O) groups is 1. The minimum absolute atomic E-state index is 0.0260. The van der Waals surface area contributed by atoms with Gasteiger partial charge < -0.3 is 4.74 Å². The molecule has 0 aliphatic rings. The fraction of sp³-hybridized carbons (Fsp3) is 0.417. The van der Waals surface area contributed by atoms with Crippen LogP contribution in [0.1, 0.15) is 29.8 Å². The van der Waals surface area contributed by atoms with Gasteiger partial charge in [0.1, 0.15) is 5.60 Å². The molecule has 0 aliphatic carbocycles. The first kappa shape index (κ1) is 10.9. The van der Waals surface area contributed by atoms with Crippen LogP contribution in [0.3, 0.4) is 0 Å². The number of hydrogen-bond donors (Lipinski definition) is 0. The van der Waals surface area contributed by atoms with Gasteiger partial charge in [0.25, 0.3) is 0 Å². The summed E-state index contributed by atoms with van der Waals surface area (Å²) in [6, 6.07) is 7.55. The molecule has 0 unspecified atom stereocenters. The Morgan fingerprint density at radius 2 is 1.86 bits per heavy atom. The van der Waals surface area contributed by atoms with Crippen LogP contribution in [0.15, 0.2) is 24.3 Å². The van der Waals surface area contributed by atoms with Gasteiger partial charge in [-0.2, -0.15) is 0 Å². The minimum Gasteiger partial charge on any atom is -0.371 e. The Labute approximate surface area is 84.9 Å². The van der Waals surface area contributed by atoms with Crippen LogP contribution in [0.5, 0.6) is 0 Å². The molecule has 1 aromatic rings. The Morgan fingerprint density at radius 1 is 1.29 bits per heavy atom. The van der Waals surface area contributed by atoms with Gasteiger partial charge in [-0.15, -0.1) is 0 Å². The van der Waals surface area contributed by atoms with E-state index in [2.05, 4.69) is 0 Å². The fourth-order valence-corrected chi connectivity index (χ4v) is 1.24. The standard InChI is InChI=1S/C12H16O2/c1-9-7-5-6-8-10(9)11(13)12(2,3)14-4/h5-8H,1-4H3. The molecule has 76 valence electrons. The zero-order valence-corrected chi connectivity index (χ0v) is 9.13. The van der Waals surface area contributed by atoms with Crippen LogP contribution >= 0.6 is 0 Å². The van der Waals surface area contributed by atoms with Gasteiger partial charge in [-0.3, -0.25) is 4.79 Å². The zero-order chi connectivity index (χ0) is 10.8. The molecule has 0 amide bonds. The lowest BCUT2D eigenvalue weighted by Gasteiger charge is -2.21. The minimum atomic E-state index is -0.744. The maximum absolute atomic E-state index is 12.0. The van der Waals surface area contributed by atoms with E-state index in [9.17, 15) is 4.79 Å². The lowest BCUT2D eigenvalue weighted by molar-refractivity contribution is 0.0227. The third-order valence-corrected chi connectivity index (χ3v) is 2.45. The van der Waals surface area contributed by atoms with E-state index in [1.54, 1.807) is 21.0 Å². The number of carbonyl (C=O) groups excluding carboxylic acids is 1. The second-order valence-electron chi connectivity index (χ2n) is 3.86. The van der Waals surface area contributed by atoms with E-state index in [-0.39, 0.29) is 5.78 Å². The maximum Gasteiger partial charge on any atom is 0.194 e. The third-order valence-electron chi connectivity index (χ3n) is 2.45. The van der Waals surface area contributed by atoms with Gasteiger partial charge >= 0.3 is 0 Å². The smallest absolute Gasteiger partial charge is 0.194 e. The van der Waals surface area contributed by atoms with Crippen molar-refractivity contribution in [2.45, 2.75) is 26.4 Å². The molecule has 14 heavy (non-hydrogen) atoms. The van der Waals surface area contributed by atoms with Crippen LogP contribution in [0.4, 0.5) is 0 Å². The Bertz CT molecular complexity index is 340. The molecule has 2 nitrogen and oxygen atoms in total. The van der Waals surface area contributed by atoms with Gasteiger partial charge in [-0.1, -0.05) is 24.3 Å². The number of Topliss-reactive ketones (excluding diaryl/α,β-unsaturated/α-hetero) is 1. The Balaban J connectivity index is 3.07. The van der Waals surface area contributed by atoms with E-state index < -0.39 is 5.60 Å². The van der Waals surface area contributed by atoms with Crippen LogP contribution in [-0.2, 0) is 4.74 Å². The van der Waals surface area contributed by atoms with Crippen molar-refractivity contribution in [1.82, 2.24) is 0 Å². The van der Waals surface area contributed by atoms with E-state index in [1.165, 1.54) is 0 Å². The first-order chi connectivity index (χ1) is 6.49. The van der Waals surface area contributed by atoms with Gasteiger partial charge in [-0.25, -0.2) is 0 Å². The van der Waals surface area contributed by atoms with E-state index in [0.717, 1.165) is 11.1 Å². The molecule has 0 aromatic heterocycles. The first-order valence-electron chi connectivity index (χ1n) is 4.64. The number of rotatable bonds is 3. The first-order valence-corrected chi connectivity index (χ1v) is 4.64. The molecule has 0 N–H and O–H groups in total. The van der Waals surface area contributed by atoms with Crippen LogP contribution in [0.2, 0.25) is 0 Å². The average molecular weight is 192 g/mol. The number of ketones is 1. The van der Waals surface area contributed by atoms with E-state index in [0.29, 0.717) is 0 Å².